The molecule has 6 nitrogen and oxygen atoms in total. The fraction of sp³-hybridized carbons (Fsp3) is 0.400. The molecular weight excluding hydrogens is 266 g/mol. The van der Waals surface area contributed by atoms with Crippen LogP contribution < -0.4 is 5.73 Å². The number of aromatic nitrogens is 2. The second-order valence-corrected chi connectivity index (χ2v) is 5.28. The summed E-state index contributed by atoms with van der Waals surface area (Å²) in [5, 5.41) is 9.11. The number of benzene rings is 1. The Morgan fingerprint density at radius 1 is 1.33 bits per heavy atom. The van der Waals surface area contributed by atoms with E-state index >= 15 is 0 Å². The van der Waals surface area contributed by atoms with Crippen molar-refractivity contribution in [3.8, 4) is 6.07 Å². The lowest BCUT2D eigenvalue weighted by Gasteiger charge is -2.27. The van der Waals surface area contributed by atoms with Crippen molar-refractivity contribution in [2.24, 2.45) is 0 Å². The van der Waals surface area contributed by atoms with E-state index in [-0.39, 0.29) is 18.4 Å². The van der Waals surface area contributed by atoms with Gasteiger partial charge < -0.3 is 15.2 Å². The number of anilines is 1. The number of nitrogens with two attached hydrogens (primary N) is 1. The van der Waals surface area contributed by atoms with Crippen LogP contribution in [0, 0.1) is 11.3 Å². The third-order valence-electron chi connectivity index (χ3n) is 3.93. The molecule has 2 heterocycles. The smallest absolute Gasteiger partial charge is 0.242 e. The van der Waals surface area contributed by atoms with Gasteiger partial charge in [0.25, 0.3) is 0 Å². The molecule has 2 aromatic rings. The zero-order chi connectivity index (χ0) is 14.8. The van der Waals surface area contributed by atoms with Crippen LogP contribution in [0.3, 0.4) is 0 Å². The number of hydrogen-bond donors (Lipinski definition) is 1. The number of piperidine rings is 1. The lowest BCUT2D eigenvalue weighted by atomic mass is 10.1. The molecule has 0 bridgehead atoms. The summed E-state index contributed by atoms with van der Waals surface area (Å²) >= 11 is 0. The standard InChI is InChI=1S/C15H17N5O/c16-9-11-5-4-6-12-14(11)18-15(17)20(12)10-13(21)19-7-2-1-3-8-19/h4-6H,1-3,7-8,10H2,(H2,17,18). The van der Waals surface area contributed by atoms with E-state index in [4.69, 9.17) is 11.0 Å². The van der Waals surface area contributed by atoms with Gasteiger partial charge in [-0.15, -0.1) is 0 Å². The van der Waals surface area contributed by atoms with Crippen LogP contribution in [0.2, 0.25) is 0 Å². The first kappa shape index (κ1) is 13.4. The first-order chi connectivity index (χ1) is 10.2. The summed E-state index contributed by atoms with van der Waals surface area (Å²) in [4.78, 5) is 18.5. The molecule has 0 spiro atoms. The molecule has 1 aliphatic heterocycles. The zero-order valence-electron chi connectivity index (χ0n) is 11.7. The highest BCUT2D eigenvalue weighted by Gasteiger charge is 2.19. The summed E-state index contributed by atoms with van der Waals surface area (Å²) in [6, 6.07) is 7.42. The Balaban J connectivity index is 1.92. The molecule has 0 saturated carbocycles. The van der Waals surface area contributed by atoms with Crippen LogP contribution in [0.5, 0.6) is 0 Å². The Morgan fingerprint density at radius 3 is 2.81 bits per heavy atom. The van der Waals surface area contributed by atoms with Gasteiger partial charge in [-0.1, -0.05) is 6.07 Å². The number of carbonyl (C=O) groups excluding carboxylic acids is 1. The van der Waals surface area contributed by atoms with Crippen LogP contribution in [0.4, 0.5) is 5.95 Å². The maximum atomic E-state index is 12.4. The largest absolute Gasteiger partial charge is 0.369 e. The molecule has 1 aromatic carbocycles. The predicted molar refractivity (Wildman–Crippen MR) is 79.3 cm³/mol. The molecule has 3 rings (SSSR count). The van der Waals surface area contributed by atoms with Crippen LogP contribution in [0.25, 0.3) is 11.0 Å². The molecule has 21 heavy (non-hydrogen) atoms. The van der Waals surface area contributed by atoms with Gasteiger partial charge >= 0.3 is 0 Å². The van der Waals surface area contributed by atoms with Crippen LogP contribution >= 0.6 is 0 Å². The minimum atomic E-state index is 0.0584. The highest BCUT2D eigenvalue weighted by Crippen LogP contribution is 2.21. The minimum absolute atomic E-state index is 0.0584. The van der Waals surface area contributed by atoms with E-state index in [1.54, 1.807) is 16.7 Å². The summed E-state index contributed by atoms with van der Waals surface area (Å²) in [7, 11) is 0. The van der Waals surface area contributed by atoms with Gasteiger partial charge in [0.05, 0.1) is 11.1 Å². The number of rotatable bonds is 2. The number of likely N-dealkylation sites (tertiary alicyclic amines) is 1. The second kappa shape index (κ2) is 5.44. The second-order valence-electron chi connectivity index (χ2n) is 5.28. The predicted octanol–water partition coefficient (Wildman–Crippen LogP) is 1.50. The van der Waals surface area contributed by atoms with E-state index in [9.17, 15) is 4.79 Å². The number of nitriles is 1. The molecule has 1 fully saturated rings. The number of amides is 1. The zero-order valence-corrected chi connectivity index (χ0v) is 11.7. The monoisotopic (exact) mass is 283 g/mol. The van der Waals surface area contributed by atoms with E-state index in [1.165, 1.54) is 6.42 Å². The molecule has 0 aliphatic carbocycles. The number of imidazole rings is 1. The van der Waals surface area contributed by atoms with Crippen molar-refractivity contribution in [1.82, 2.24) is 14.5 Å². The Morgan fingerprint density at radius 2 is 2.10 bits per heavy atom. The number of nitrogens with zero attached hydrogens (tertiary/aromatic N) is 4. The molecule has 2 N–H and O–H groups in total. The maximum Gasteiger partial charge on any atom is 0.242 e. The molecule has 6 heteroatoms. The third kappa shape index (κ3) is 2.42. The SMILES string of the molecule is N#Cc1cccc2c1nc(N)n2CC(=O)N1CCCCC1. The summed E-state index contributed by atoms with van der Waals surface area (Å²) < 4.78 is 1.69. The van der Waals surface area contributed by atoms with E-state index in [0.717, 1.165) is 31.4 Å². The average molecular weight is 283 g/mol. The molecule has 1 aromatic heterocycles. The van der Waals surface area contributed by atoms with Gasteiger partial charge in [-0.3, -0.25) is 4.79 Å². The van der Waals surface area contributed by atoms with Crippen molar-refractivity contribution in [3.05, 3.63) is 23.8 Å². The van der Waals surface area contributed by atoms with E-state index in [2.05, 4.69) is 11.1 Å². The van der Waals surface area contributed by atoms with E-state index in [0.29, 0.717) is 11.1 Å². The van der Waals surface area contributed by atoms with E-state index < -0.39 is 0 Å². The number of hydrogen-bond acceptors (Lipinski definition) is 4. The molecule has 108 valence electrons. The molecular formula is C15H17N5O. The normalized spacial score (nSPS) is 15.1. The topological polar surface area (TPSA) is 87.9 Å². The molecule has 0 atom stereocenters. The van der Waals surface area contributed by atoms with Gasteiger partial charge in [0.2, 0.25) is 11.9 Å². The van der Waals surface area contributed by atoms with Crippen LogP contribution in [-0.4, -0.2) is 33.4 Å². The fourth-order valence-corrected chi connectivity index (χ4v) is 2.80. The van der Waals surface area contributed by atoms with Crippen molar-refractivity contribution < 1.29 is 4.79 Å². The summed E-state index contributed by atoms with van der Waals surface area (Å²) in [6.07, 6.45) is 3.31. The number of para-hydroxylation sites is 1. The van der Waals surface area contributed by atoms with Crippen LogP contribution in [0.1, 0.15) is 24.8 Å². The van der Waals surface area contributed by atoms with Gasteiger partial charge in [-0.25, -0.2) is 4.98 Å². The van der Waals surface area contributed by atoms with Crippen molar-refractivity contribution in [1.29, 1.82) is 5.26 Å². The van der Waals surface area contributed by atoms with Crippen LogP contribution in [-0.2, 0) is 11.3 Å². The summed E-state index contributed by atoms with van der Waals surface area (Å²) in [5.74, 6) is 0.334. The summed E-state index contributed by atoms with van der Waals surface area (Å²) in [6.45, 7) is 1.81. The van der Waals surface area contributed by atoms with Gasteiger partial charge in [0.1, 0.15) is 18.1 Å². The third-order valence-corrected chi connectivity index (χ3v) is 3.93. The average Bonchev–Trinajstić information content (AvgIpc) is 2.84. The minimum Gasteiger partial charge on any atom is -0.369 e. The van der Waals surface area contributed by atoms with E-state index in [1.807, 2.05) is 11.0 Å². The molecule has 1 saturated heterocycles. The van der Waals surface area contributed by atoms with Crippen LogP contribution in [0.15, 0.2) is 18.2 Å². The van der Waals surface area contributed by atoms with Gasteiger partial charge in [-0.2, -0.15) is 5.26 Å². The van der Waals surface area contributed by atoms with Crippen molar-refractivity contribution in [2.75, 3.05) is 18.8 Å². The highest BCUT2D eigenvalue weighted by molar-refractivity contribution is 5.86. The lowest BCUT2D eigenvalue weighted by Crippen LogP contribution is -2.37. The Hall–Kier alpha value is -2.55. The van der Waals surface area contributed by atoms with Gasteiger partial charge in [0, 0.05) is 13.1 Å². The number of fused-ring (bicyclic) bond motifs is 1. The number of carbonyl (C=O) groups is 1. The Bertz CT molecular complexity index is 721. The van der Waals surface area contributed by atoms with Gasteiger partial charge in [-0.05, 0) is 31.4 Å². The van der Waals surface area contributed by atoms with Gasteiger partial charge in [0.15, 0.2) is 0 Å². The molecule has 1 aliphatic rings. The summed E-state index contributed by atoms with van der Waals surface area (Å²) in [5.41, 5.74) is 7.69. The van der Waals surface area contributed by atoms with Crippen molar-refractivity contribution in [3.63, 3.8) is 0 Å². The maximum absolute atomic E-state index is 12.4. The lowest BCUT2D eigenvalue weighted by molar-refractivity contribution is -0.132. The highest BCUT2D eigenvalue weighted by atomic mass is 16.2. The quantitative estimate of drug-likeness (QED) is 0.904. The molecule has 0 unspecified atom stereocenters. The van der Waals surface area contributed by atoms with Crippen molar-refractivity contribution in [2.45, 2.75) is 25.8 Å². The molecule has 1 amide bonds. The fourth-order valence-electron chi connectivity index (χ4n) is 2.80. The Kier molecular flexibility index (Phi) is 3.48. The molecule has 0 radical (unpaired) electrons. The van der Waals surface area contributed by atoms with Crippen molar-refractivity contribution >= 4 is 22.9 Å². The number of nitrogen functional groups attached to an aromatic ring is 1. The Labute approximate surface area is 122 Å². The first-order valence-corrected chi connectivity index (χ1v) is 7.13. The first-order valence-electron chi connectivity index (χ1n) is 7.13.